The number of aliphatic hydroxyl groups excluding tert-OH is 2. The van der Waals surface area contributed by atoms with Gasteiger partial charge in [0.1, 0.15) is 28.9 Å². The Morgan fingerprint density at radius 1 is 1.13 bits per heavy atom. The molecule has 6 N–H and O–H groups in total. The Balaban J connectivity index is 1.83. The minimum absolute atomic E-state index is 0.0112. The highest BCUT2D eigenvalue weighted by atomic mass is 16.5. The van der Waals surface area contributed by atoms with Gasteiger partial charge < -0.3 is 30.9 Å². The summed E-state index contributed by atoms with van der Waals surface area (Å²) in [7, 11) is 2.98. The third-order valence-electron chi connectivity index (χ3n) is 8.99. The fraction of sp³-hybridized carbons (Fsp3) is 0.500. The van der Waals surface area contributed by atoms with Gasteiger partial charge in [0.2, 0.25) is 5.78 Å². The summed E-state index contributed by atoms with van der Waals surface area (Å²) in [6.45, 7) is 3.34. The summed E-state index contributed by atoms with van der Waals surface area (Å²) in [5.74, 6) is -9.79. The van der Waals surface area contributed by atoms with Crippen molar-refractivity contribution in [1.82, 2.24) is 4.90 Å². The van der Waals surface area contributed by atoms with E-state index in [0.29, 0.717) is 24.0 Å². The first-order valence-corrected chi connectivity index (χ1v) is 12.9. The van der Waals surface area contributed by atoms with Crippen LogP contribution in [0.25, 0.3) is 5.76 Å². The topological polar surface area (TPSA) is 188 Å². The van der Waals surface area contributed by atoms with E-state index in [9.17, 15) is 39.6 Å². The van der Waals surface area contributed by atoms with Crippen LogP contribution >= 0.6 is 0 Å². The lowest BCUT2D eigenvalue weighted by atomic mass is 9.54. The Hall–Kier alpha value is -3.70. The quantitative estimate of drug-likeness (QED) is 0.274. The number of fused-ring (bicyclic) bond motifs is 3. The average Bonchev–Trinajstić information content (AvgIpc) is 2.81. The summed E-state index contributed by atoms with van der Waals surface area (Å²) in [6, 6.07) is 1.95. The summed E-state index contributed by atoms with van der Waals surface area (Å²) >= 11 is 0. The molecule has 2 saturated carbocycles. The first-order valence-electron chi connectivity index (χ1n) is 12.9. The largest absolute Gasteiger partial charge is 0.508 e. The van der Waals surface area contributed by atoms with Crippen molar-refractivity contribution in [1.29, 1.82) is 0 Å². The molecule has 11 heteroatoms. The summed E-state index contributed by atoms with van der Waals surface area (Å²) in [4.78, 5) is 54.6. The molecule has 1 aromatic rings. The number of amides is 1. The summed E-state index contributed by atoms with van der Waals surface area (Å²) in [5, 5.41) is 45.5. The zero-order valence-corrected chi connectivity index (χ0v) is 22.1. The molecule has 5 rings (SSSR count). The van der Waals surface area contributed by atoms with Crippen LogP contribution in [0, 0.1) is 24.7 Å². The van der Waals surface area contributed by atoms with Crippen LogP contribution in [0.3, 0.4) is 0 Å². The molecule has 4 aliphatic carbocycles. The van der Waals surface area contributed by atoms with Crippen molar-refractivity contribution in [2.75, 3.05) is 14.1 Å². The Kier molecular flexibility index (Phi) is 6.15. The lowest BCUT2D eigenvalue weighted by molar-refractivity contribution is -0.189. The lowest BCUT2D eigenvalue weighted by Gasteiger charge is -2.54. The van der Waals surface area contributed by atoms with Gasteiger partial charge in [0.15, 0.2) is 11.4 Å². The number of hydrogen-bond donors (Lipinski definition) is 5. The molecule has 2 fully saturated rings. The number of nitrogens with two attached hydrogens (primary N) is 1. The molecule has 0 spiro atoms. The Bertz CT molecular complexity index is 1390. The van der Waals surface area contributed by atoms with Gasteiger partial charge in [-0.3, -0.25) is 24.1 Å². The summed E-state index contributed by atoms with van der Waals surface area (Å²) in [6.07, 6.45) is 0.642. The predicted molar refractivity (Wildman–Crippen MR) is 136 cm³/mol. The van der Waals surface area contributed by atoms with Crippen molar-refractivity contribution in [2.24, 2.45) is 23.5 Å². The van der Waals surface area contributed by atoms with E-state index < -0.39 is 82.0 Å². The van der Waals surface area contributed by atoms with Crippen LogP contribution in [0.5, 0.6) is 5.75 Å². The highest BCUT2D eigenvalue weighted by Crippen LogP contribution is 2.57. The second-order valence-electron chi connectivity index (χ2n) is 11.3. The number of aromatic hydroxyl groups is 1. The van der Waals surface area contributed by atoms with E-state index >= 15 is 0 Å². The number of esters is 1. The number of rotatable bonds is 4. The van der Waals surface area contributed by atoms with Crippen molar-refractivity contribution in [3.63, 3.8) is 0 Å². The molecular weight excluding hydrogens is 508 g/mol. The standard InChI is InChI=1S/C28H32N2O9/c1-10-8-9-13-11(2)14-16(21(32)15(13)20(10)31)24(34)28(38)18(23(14)39-27(37)12-6-5-7-12)19(30(3)4)22(33)17(25(28)35)26(29)36/h8-9,11-12,14,18-19,23,31-32,35,38H,5-7H2,1-4H3,(H2,29,36)/t11-,14+,18+,19?,23-,28-/m0/s1. The summed E-state index contributed by atoms with van der Waals surface area (Å²) in [5.41, 5.74) is 2.05. The van der Waals surface area contributed by atoms with Crippen molar-refractivity contribution in [3.8, 4) is 5.75 Å². The molecule has 1 aromatic carbocycles. The van der Waals surface area contributed by atoms with Gasteiger partial charge in [-0.1, -0.05) is 25.5 Å². The molecule has 0 saturated heterocycles. The van der Waals surface area contributed by atoms with Gasteiger partial charge in [-0.15, -0.1) is 0 Å². The summed E-state index contributed by atoms with van der Waals surface area (Å²) < 4.78 is 6.02. The molecule has 0 aromatic heterocycles. The fourth-order valence-corrected chi connectivity index (χ4v) is 6.71. The zero-order valence-electron chi connectivity index (χ0n) is 22.1. The average molecular weight is 541 g/mol. The number of hydrogen-bond acceptors (Lipinski definition) is 10. The van der Waals surface area contributed by atoms with Gasteiger partial charge in [0, 0.05) is 11.5 Å². The number of carbonyl (C=O) groups is 4. The number of phenolic OH excluding ortho intramolecular Hbond substituents is 1. The molecule has 1 amide bonds. The highest BCUT2D eigenvalue weighted by molar-refractivity contribution is 6.24. The van der Waals surface area contributed by atoms with Gasteiger partial charge in [0.05, 0.1) is 23.4 Å². The lowest BCUT2D eigenvalue weighted by Crippen LogP contribution is -2.71. The van der Waals surface area contributed by atoms with E-state index in [1.807, 2.05) is 0 Å². The molecule has 39 heavy (non-hydrogen) atoms. The molecule has 0 bridgehead atoms. The second-order valence-corrected chi connectivity index (χ2v) is 11.3. The van der Waals surface area contributed by atoms with E-state index in [4.69, 9.17) is 10.5 Å². The molecule has 6 atom stereocenters. The van der Waals surface area contributed by atoms with Crippen molar-refractivity contribution in [2.45, 2.75) is 56.8 Å². The number of ketones is 2. The van der Waals surface area contributed by atoms with Crippen molar-refractivity contribution in [3.05, 3.63) is 45.7 Å². The van der Waals surface area contributed by atoms with Crippen LogP contribution < -0.4 is 5.73 Å². The van der Waals surface area contributed by atoms with Crippen LogP contribution in [0.2, 0.25) is 0 Å². The van der Waals surface area contributed by atoms with Gasteiger partial charge >= 0.3 is 5.97 Å². The molecule has 0 radical (unpaired) electrons. The van der Waals surface area contributed by atoms with Crippen LogP contribution in [0.1, 0.15) is 48.8 Å². The third-order valence-corrected chi connectivity index (χ3v) is 8.99. The predicted octanol–water partition coefficient (Wildman–Crippen LogP) is 1.16. The molecule has 1 unspecified atom stereocenters. The monoisotopic (exact) mass is 540 g/mol. The molecule has 0 aliphatic heterocycles. The maximum atomic E-state index is 14.2. The highest BCUT2D eigenvalue weighted by Gasteiger charge is 2.69. The molecule has 11 nitrogen and oxygen atoms in total. The smallest absolute Gasteiger partial charge is 0.309 e. The van der Waals surface area contributed by atoms with Gasteiger partial charge in [-0.05, 0) is 50.9 Å². The van der Waals surface area contributed by atoms with Gasteiger partial charge in [-0.2, -0.15) is 0 Å². The van der Waals surface area contributed by atoms with E-state index in [2.05, 4.69) is 0 Å². The zero-order chi connectivity index (χ0) is 28.7. The number of primary amides is 1. The molecule has 0 heterocycles. The number of aliphatic hydroxyl groups is 3. The number of nitrogens with zero attached hydrogens (tertiary/aromatic N) is 1. The normalized spacial score (nSPS) is 32.4. The maximum Gasteiger partial charge on any atom is 0.309 e. The number of phenols is 1. The molecule has 208 valence electrons. The van der Waals surface area contributed by atoms with E-state index in [0.717, 1.165) is 6.42 Å². The first-order chi connectivity index (χ1) is 18.2. The van der Waals surface area contributed by atoms with Gasteiger partial charge in [0.25, 0.3) is 5.91 Å². The van der Waals surface area contributed by atoms with Crippen molar-refractivity contribution < 1.29 is 44.3 Å². The minimum Gasteiger partial charge on any atom is -0.508 e. The van der Waals surface area contributed by atoms with Crippen molar-refractivity contribution >= 4 is 29.2 Å². The second kappa shape index (κ2) is 8.92. The van der Waals surface area contributed by atoms with E-state index in [1.165, 1.54) is 19.0 Å². The number of carbonyl (C=O) groups excluding carboxylic acids is 4. The maximum absolute atomic E-state index is 14.2. The SMILES string of the molecule is Cc1ccc2c(c1O)C(O)=C1C(=O)[C@]3(O)C(O)=C(C(N)=O)C(=O)C(N(C)C)[C@@H]3[C@@H](OC(=O)C3CCC3)[C@@H]1[C@H]2C. The Morgan fingerprint density at radius 2 is 1.77 bits per heavy atom. The van der Waals surface area contributed by atoms with Gasteiger partial charge in [-0.25, -0.2) is 0 Å². The Labute approximate surface area is 224 Å². The number of likely N-dealkylation sites (N-methyl/N-ethyl adjacent to an activating group) is 1. The number of benzene rings is 1. The van der Waals surface area contributed by atoms with Crippen LogP contribution in [0.4, 0.5) is 0 Å². The Morgan fingerprint density at radius 3 is 2.31 bits per heavy atom. The minimum atomic E-state index is -2.94. The fourth-order valence-electron chi connectivity index (χ4n) is 6.71. The van der Waals surface area contributed by atoms with Crippen LogP contribution in [-0.4, -0.2) is 80.6 Å². The van der Waals surface area contributed by atoms with E-state index in [-0.39, 0.29) is 16.9 Å². The molecule has 4 aliphatic rings. The van der Waals surface area contributed by atoms with E-state index in [1.54, 1.807) is 26.0 Å². The number of aryl methyl sites for hydroxylation is 1. The number of ether oxygens (including phenoxy) is 1. The van der Waals surface area contributed by atoms with Crippen LogP contribution in [-0.2, 0) is 23.9 Å². The number of Topliss-reactive ketones (excluding diaryl/α,β-unsaturated/α-hetero) is 2. The third kappa shape index (κ3) is 3.49. The molecular formula is C28H32N2O9. The van der Waals surface area contributed by atoms with Crippen LogP contribution in [0.15, 0.2) is 29.0 Å². The first kappa shape index (κ1) is 26.9.